The number of rotatable bonds is 6. The molecule has 2 fully saturated rings. The van der Waals surface area contributed by atoms with Gasteiger partial charge in [0.15, 0.2) is 0 Å². The molecule has 1 aliphatic heterocycles. The zero-order valence-electron chi connectivity index (χ0n) is 12.2. The molecule has 2 atom stereocenters. The molecule has 2 rings (SSSR count). The molecule has 18 heavy (non-hydrogen) atoms. The van der Waals surface area contributed by atoms with Gasteiger partial charge >= 0.3 is 0 Å². The minimum atomic E-state index is 0.309. The van der Waals surface area contributed by atoms with Crippen LogP contribution in [0.2, 0.25) is 0 Å². The topological polar surface area (TPSA) is 38.5 Å². The lowest BCUT2D eigenvalue weighted by molar-refractivity contribution is 0.0621. The lowest BCUT2D eigenvalue weighted by Crippen LogP contribution is -2.60. The number of hydrogen-bond acceptors (Lipinski definition) is 3. The van der Waals surface area contributed by atoms with Crippen LogP contribution in [0, 0.1) is 5.92 Å². The Morgan fingerprint density at radius 2 is 1.78 bits per heavy atom. The van der Waals surface area contributed by atoms with E-state index in [1.165, 1.54) is 51.6 Å². The average Bonchev–Trinajstić information content (AvgIpc) is 3.04. The van der Waals surface area contributed by atoms with Crippen LogP contribution in [0.15, 0.2) is 0 Å². The van der Waals surface area contributed by atoms with Crippen LogP contribution < -0.4 is 5.73 Å². The quantitative estimate of drug-likeness (QED) is 0.791. The van der Waals surface area contributed by atoms with E-state index in [2.05, 4.69) is 11.8 Å². The van der Waals surface area contributed by atoms with Crippen LogP contribution in [0.4, 0.5) is 0 Å². The fraction of sp³-hybridized carbons (Fsp3) is 1.00. The van der Waals surface area contributed by atoms with Gasteiger partial charge in [-0.15, -0.1) is 0 Å². The van der Waals surface area contributed by atoms with Gasteiger partial charge in [-0.1, -0.05) is 19.8 Å². The third-order valence-electron chi connectivity index (χ3n) is 5.22. The van der Waals surface area contributed by atoms with Gasteiger partial charge in [-0.05, 0) is 51.1 Å². The van der Waals surface area contributed by atoms with E-state index in [1.54, 1.807) is 7.11 Å². The average molecular weight is 254 g/mol. The van der Waals surface area contributed by atoms with Crippen LogP contribution in [0.5, 0.6) is 0 Å². The van der Waals surface area contributed by atoms with E-state index in [-0.39, 0.29) is 0 Å². The molecule has 1 saturated carbocycles. The van der Waals surface area contributed by atoms with Crippen molar-refractivity contribution in [3.05, 3.63) is 0 Å². The molecule has 2 unspecified atom stereocenters. The molecule has 0 aromatic heterocycles. The van der Waals surface area contributed by atoms with Crippen molar-refractivity contribution in [3.63, 3.8) is 0 Å². The Balaban J connectivity index is 2.03. The molecule has 1 aliphatic carbocycles. The molecule has 3 heteroatoms. The number of hydrogen-bond donors (Lipinski definition) is 1. The van der Waals surface area contributed by atoms with Gasteiger partial charge in [-0.2, -0.15) is 0 Å². The Hall–Kier alpha value is -0.120. The van der Waals surface area contributed by atoms with Crippen LogP contribution in [0.3, 0.4) is 0 Å². The maximum atomic E-state index is 6.68. The Bertz CT molecular complexity index is 245. The van der Waals surface area contributed by atoms with Crippen molar-refractivity contribution in [3.8, 4) is 0 Å². The molecule has 0 bridgehead atoms. The maximum Gasteiger partial charge on any atom is 0.0465 e. The Morgan fingerprint density at radius 3 is 2.33 bits per heavy atom. The SMILES string of the molecule is COCCC(C)C(N)C1(N2CCCC2)CCCC1. The minimum absolute atomic E-state index is 0.309. The summed E-state index contributed by atoms with van der Waals surface area (Å²) < 4.78 is 5.21. The largest absolute Gasteiger partial charge is 0.385 e. The highest BCUT2D eigenvalue weighted by molar-refractivity contribution is 5.04. The predicted molar refractivity (Wildman–Crippen MR) is 75.6 cm³/mol. The summed E-state index contributed by atoms with van der Waals surface area (Å²) in [4.78, 5) is 2.72. The van der Waals surface area contributed by atoms with E-state index in [4.69, 9.17) is 10.5 Å². The molecule has 0 spiro atoms. The van der Waals surface area contributed by atoms with Crippen molar-refractivity contribution >= 4 is 0 Å². The van der Waals surface area contributed by atoms with Crippen LogP contribution in [-0.4, -0.2) is 43.3 Å². The second-order valence-electron chi connectivity index (χ2n) is 6.29. The maximum absolute atomic E-state index is 6.68. The molecule has 1 heterocycles. The molecule has 1 saturated heterocycles. The number of nitrogens with two attached hydrogens (primary N) is 1. The van der Waals surface area contributed by atoms with Crippen molar-refractivity contribution in [2.45, 2.75) is 63.5 Å². The highest BCUT2D eigenvalue weighted by Crippen LogP contribution is 2.41. The van der Waals surface area contributed by atoms with E-state index < -0.39 is 0 Å². The van der Waals surface area contributed by atoms with Gasteiger partial charge in [-0.3, -0.25) is 4.90 Å². The molecule has 3 nitrogen and oxygen atoms in total. The van der Waals surface area contributed by atoms with E-state index in [0.29, 0.717) is 17.5 Å². The first-order valence-corrected chi connectivity index (χ1v) is 7.70. The second-order valence-corrected chi connectivity index (χ2v) is 6.29. The molecular formula is C15H30N2O. The van der Waals surface area contributed by atoms with Gasteiger partial charge in [0.25, 0.3) is 0 Å². The summed E-state index contributed by atoms with van der Waals surface area (Å²) in [5, 5.41) is 0. The van der Waals surface area contributed by atoms with Crippen LogP contribution in [0.25, 0.3) is 0 Å². The van der Waals surface area contributed by atoms with Gasteiger partial charge in [-0.25, -0.2) is 0 Å². The first-order chi connectivity index (χ1) is 8.70. The third-order valence-corrected chi connectivity index (χ3v) is 5.22. The summed E-state index contributed by atoms with van der Waals surface area (Å²) >= 11 is 0. The van der Waals surface area contributed by atoms with E-state index in [0.717, 1.165) is 13.0 Å². The fourth-order valence-corrected chi connectivity index (χ4v) is 4.02. The smallest absolute Gasteiger partial charge is 0.0465 e. The Kier molecular flexibility index (Phi) is 5.05. The van der Waals surface area contributed by atoms with E-state index in [1.807, 2.05) is 0 Å². The summed E-state index contributed by atoms with van der Waals surface area (Å²) in [7, 11) is 1.78. The molecule has 0 aromatic rings. The first kappa shape index (κ1) is 14.3. The lowest BCUT2D eigenvalue weighted by atomic mass is 9.79. The molecule has 0 radical (unpaired) electrons. The first-order valence-electron chi connectivity index (χ1n) is 7.70. The number of nitrogens with zero attached hydrogens (tertiary/aromatic N) is 1. The third kappa shape index (κ3) is 2.73. The van der Waals surface area contributed by atoms with Crippen molar-refractivity contribution in [2.24, 2.45) is 11.7 Å². The zero-order valence-corrected chi connectivity index (χ0v) is 12.2. The summed E-state index contributed by atoms with van der Waals surface area (Å²) in [5.74, 6) is 0.559. The summed E-state index contributed by atoms with van der Waals surface area (Å²) in [5.41, 5.74) is 6.99. The van der Waals surface area contributed by atoms with E-state index in [9.17, 15) is 0 Å². The van der Waals surface area contributed by atoms with Gasteiger partial charge in [0.1, 0.15) is 0 Å². The van der Waals surface area contributed by atoms with Crippen molar-refractivity contribution in [2.75, 3.05) is 26.8 Å². The van der Waals surface area contributed by atoms with Gasteiger partial charge in [0.05, 0.1) is 0 Å². The molecule has 2 aliphatic rings. The van der Waals surface area contributed by atoms with Gasteiger partial charge in [0, 0.05) is 25.3 Å². The van der Waals surface area contributed by atoms with Crippen molar-refractivity contribution < 1.29 is 4.74 Å². The monoisotopic (exact) mass is 254 g/mol. The molecule has 106 valence electrons. The Morgan fingerprint density at radius 1 is 1.17 bits per heavy atom. The minimum Gasteiger partial charge on any atom is -0.385 e. The number of ether oxygens (including phenoxy) is 1. The summed E-state index contributed by atoms with van der Waals surface area (Å²) in [6, 6.07) is 0.313. The van der Waals surface area contributed by atoms with Crippen LogP contribution in [0.1, 0.15) is 51.9 Å². The predicted octanol–water partition coefficient (Wildman–Crippen LogP) is 2.39. The summed E-state index contributed by atoms with van der Waals surface area (Å²) in [6.45, 7) is 5.68. The zero-order chi connectivity index (χ0) is 13.0. The fourth-order valence-electron chi connectivity index (χ4n) is 4.02. The van der Waals surface area contributed by atoms with Crippen LogP contribution >= 0.6 is 0 Å². The van der Waals surface area contributed by atoms with E-state index >= 15 is 0 Å². The number of methoxy groups -OCH3 is 1. The highest BCUT2D eigenvalue weighted by atomic mass is 16.5. The molecule has 0 amide bonds. The van der Waals surface area contributed by atoms with Gasteiger partial charge in [0.2, 0.25) is 0 Å². The van der Waals surface area contributed by atoms with Crippen LogP contribution in [-0.2, 0) is 4.74 Å². The standard InChI is InChI=1S/C15H30N2O/c1-13(7-12-18-2)14(16)15(8-3-4-9-15)17-10-5-6-11-17/h13-14H,3-12,16H2,1-2H3. The molecular weight excluding hydrogens is 224 g/mol. The normalized spacial score (nSPS) is 27.5. The van der Waals surface area contributed by atoms with Crippen molar-refractivity contribution in [1.82, 2.24) is 4.90 Å². The molecule has 0 aromatic carbocycles. The second kappa shape index (κ2) is 6.36. The summed E-state index contributed by atoms with van der Waals surface area (Å²) in [6.07, 6.45) is 9.16. The Labute approximate surface area is 112 Å². The highest BCUT2D eigenvalue weighted by Gasteiger charge is 2.46. The molecule has 2 N–H and O–H groups in total. The lowest BCUT2D eigenvalue weighted by Gasteiger charge is -2.46. The number of likely N-dealkylation sites (tertiary alicyclic amines) is 1. The van der Waals surface area contributed by atoms with Crippen molar-refractivity contribution in [1.29, 1.82) is 0 Å². The van der Waals surface area contributed by atoms with Gasteiger partial charge < -0.3 is 10.5 Å².